The second kappa shape index (κ2) is 9.93. The van der Waals surface area contributed by atoms with Gasteiger partial charge in [0.25, 0.3) is 5.91 Å². The van der Waals surface area contributed by atoms with Gasteiger partial charge in [0, 0.05) is 35.1 Å². The Morgan fingerprint density at radius 2 is 1.60 bits per heavy atom. The van der Waals surface area contributed by atoms with Crippen LogP contribution in [-0.2, 0) is 10.0 Å². The number of para-hydroxylation sites is 1. The van der Waals surface area contributed by atoms with E-state index in [1.807, 2.05) is 36.4 Å². The van der Waals surface area contributed by atoms with Gasteiger partial charge in [0.15, 0.2) is 0 Å². The highest BCUT2D eigenvalue weighted by Crippen LogP contribution is 2.26. The molecule has 8 heteroatoms. The molecule has 0 atom stereocenters. The van der Waals surface area contributed by atoms with Crippen LogP contribution in [0.15, 0.2) is 84.0 Å². The van der Waals surface area contributed by atoms with Crippen LogP contribution >= 0.6 is 0 Å². The maximum absolute atomic E-state index is 13.3. The SMILES string of the molecule is O=C(Nc1ccc(S(=O)(=O)NC2CCCCC2)cc1)c1cc(-c2ccncc2)nc2ccccc12. The standard InChI is InChI=1S/C27H26N4O3S/c32-27(24-18-26(19-14-16-28-17-15-19)30-25-9-5-4-8-23(24)25)29-20-10-12-22(13-11-20)35(33,34)31-21-6-2-1-3-7-21/h4-5,8-18,21,31H,1-3,6-7H2,(H,29,32). The molecule has 1 fully saturated rings. The van der Waals surface area contributed by atoms with Gasteiger partial charge in [-0.15, -0.1) is 0 Å². The number of sulfonamides is 1. The van der Waals surface area contributed by atoms with Crippen LogP contribution < -0.4 is 10.0 Å². The molecule has 0 radical (unpaired) electrons. The molecule has 1 saturated carbocycles. The van der Waals surface area contributed by atoms with Gasteiger partial charge in [0.1, 0.15) is 0 Å². The molecule has 4 aromatic rings. The molecule has 0 spiro atoms. The third kappa shape index (κ3) is 5.23. The van der Waals surface area contributed by atoms with Crippen molar-refractivity contribution in [3.8, 4) is 11.3 Å². The summed E-state index contributed by atoms with van der Waals surface area (Å²) in [6.07, 6.45) is 8.36. The van der Waals surface area contributed by atoms with E-state index in [1.165, 1.54) is 12.1 Å². The number of fused-ring (bicyclic) bond motifs is 1. The normalized spacial score (nSPS) is 14.6. The molecule has 0 saturated heterocycles. The number of carbonyl (C=O) groups is 1. The summed E-state index contributed by atoms with van der Waals surface area (Å²) in [6, 6.07) is 19.2. The van der Waals surface area contributed by atoms with Gasteiger partial charge in [-0.1, -0.05) is 37.5 Å². The first-order valence-electron chi connectivity index (χ1n) is 11.7. The minimum Gasteiger partial charge on any atom is -0.322 e. The highest BCUT2D eigenvalue weighted by Gasteiger charge is 2.22. The Bertz CT molecular complexity index is 1450. The van der Waals surface area contributed by atoms with Crippen molar-refractivity contribution in [2.75, 3.05) is 5.32 Å². The summed E-state index contributed by atoms with van der Waals surface area (Å²) in [5.74, 6) is -0.296. The Morgan fingerprint density at radius 1 is 0.886 bits per heavy atom. The van der Waals surface area contributed by atoms with E-state index in [1.54, 1.807) is 30.6 Å². The fourth-order valence-electron chi connectivity index (χ4n) is 4.46. The highest BCUT2D eigenvalue weighted by molar-refractivity contribution is 7.89. The van der Waals surface area contributed by atoms with Gasteiger partial charge in [0.05, 0.1) is 21.7 Å². The van der Waals surface area contributed by atoms with Gasteiger partial charge in [-0.3, -0.25) is 9.78 Å². The number of pyridine rings is 2. The largest absolute Gasteiger partial charge is 0.322 e. The van der Waals surface area contributed by atoms with E-state index in [0.717, 1.165) is 43.1 Å². The fourth-order valence-corrected chi connectivity index (χ4v) is 5.76. The van der Waals surface area contributed by atoms with E-state index >= 15 is 0 Å². The molecule has 0 unspecified atom stereocenters. The Kier molecular flexibility index (Phi) is 6.57. The molecular weight excluding hydrogens is 460 g/mol. The van der Waals surface area contributed by atoms with E-state index in [0.29, 0.717) is 22.5 Å². The zero-order chi connectivity index (χ0) is 24.3. The molecule has 7 nitrogen and oxygen atoms in total. The molecule has 1 aliphatic carbocycles. The van der Waals surface area contributed by atoms with Gasteiger partial charge >= 0.3 is 0 Å². The molecule has 1 aliphatic rings. The van der Waals surface area contributed by atoms with E-state index in [-0.39, 0.29) is 16.8 Å². The average molecular weight is 487 g/mol. The lowest BCUT2D eigenvalue weighted by Crippen LogP contribution is -2.36. The van der Waals surface area contributed by atoms with Crippen LogP contribution in [0.5, 0.6) is 0 Å². The number of anilines is 1. The molecule has 2 aromatic carbocycles. The molecule has 1 amide bonds. The lowest BCUT2D eigenvalue weighted by Gasteiger charge is -2.22. The van der Waals surface area contributed by atoms with Crippen LogP contribution in [0.4, 0.5) is 5.69 Å². The summed E-state index contributed by atoms with van der Waals surface area (Å²) in [7, 11) is -3.60. The van der Waals surface area contributed by atoms with E-state index in [2.05, 4.69) is 15.0 Å². The van der Waals surface area contributed by atoms with Crippen molar-refractivity contribution in [2.24, 2.45) is 0 Å². The molecular formula is C27H26N4O3S. The molecule has 2 aromatic heterocycles. The van der Waals surface area contributed by atoms with Crippen molar-refractivity contribution in [3.05, 3.63) is 84.7 Å². The Hall–Kier alpha value is -3.62. The third-order valence-corrected chi connectivity index (χ3v) is 7.82. The first-order valence-corrected chi connectivity index (χ1v) is 13.2. The molecule has 35 heavy (non-hydrogen) atoms. The van der Waals surface area contributed by atoms with Crippen LogP contribution in [0, 0.1) is 0 Å². The Balaban J connectivity index is 1.38. The molecule has 2 heterocycles. The van der Waals surface area contributed by atoms with Crippen LogP contribution in [0.25, 0.3) is 22.2 Å². The summed E-state index contributed by atoms with van der Waals surface area (Å²) in [6.45, 7) is 0. The first-order chi connectivity index (χ1) is 17.0. The van der Waals surface area contributed by atoms with Crippen molar-refractivity contribution in [1.82, 2.24) is 14.7 Å². The fraction of sp³-hybridized carbons (Fsp3) is 0.222. The minimum absolute atomic E-state index is 0.0114. The van der Waals surface area contributed by atoms with Crippen molar-refractivity contribution in [2.45, 2.75) is 43.0 Å². The first kappa shape index (κ1) is 23.1. The summed E-state index contributed by atoms with van der Waals surface area (Å²) >= 11 is 0. The van der Waals surface area contributed by atoms with Gasteiger partial charge in [-0.2, -0.15) is 0 Å². The van der Waals surface area contributed by atoms with Gasteiger partial charge in [0.2, 0.25) is 10.0 Å². The summed E-state index contributed by atoms with van der Waals surface area (Å²) in [5, 5.41) is 3.63. The predicted octanol–water partition coefficient (Wildman–Crippen LogP) is 5.16. The third-order valence-electron chi connectivity index (χ3n) is 6.29. The lowest BCUT2D eigenvalue weighted by molar-refractivity contribution is 0.102. The van der Waals surface area contributed by atoms with Gasteiger partial charge in [-0.25, -0.2) is 18.1 Å². The second-order valence-electron chi connectivity index (χ2n) is 8.74. The molecule has 0 aliphatic heterocycles. The van der Waals surface area contributed by atoms with Crippen molar-refractivity contribution < 1.29 is 13.2 Å². The monoisotopic (exact) mass is 486 g/mol. The summed E-state index contributed by atoms with van der Waals surface area (Å²) < 4.78 is 28.3. The quantitative estimate of drug-likeness (QED) is 0.392. The number of hydrogen-bond donors (Lipinski definition) is 2. The maximum Gasteiger partial charge on any atom is 0.256 e. The van der Waals surface area contributed by atoms with Crippen LogP contribution in [-0.4, -0.2) is 30.3 Å². The molecule has 0 bridgehead atoms. The highest BCUT2D eigenvalue weighted by atomic mass is 32.2. The average Bonchev–Trinajstić information content (AvgIpc) is 2.89. The number of nitrogens with zero attached hydrogens (tertiary/aromatic N) is 2. The predicted molar refractivity (Wildman–Crippen MR) is 137 cm³/mol. The Morgan fingerprint density at radius 3 is 2.34 bits per heavy atom. The zero-order valence-corrected chi connectivity index (χ0v) is 20.0. The molecule has 5 rings (SSSR count). The number of amides is 1. The van der Waals surface area contributed by atoms with Crippen molar-refractivity contribution >= 4 is 32.5 Å². The minimum atomic E-state index is -3.60. The van der Waals surface area contributed by atoms with Gasteiger partial charge in [-0.05, 0) is 61.4 Å². The van der Waals surface area contributed by atoms with Crippen LogP contribution in [0.3, 0.4) is 0 Å². The van der Waals surface area contributed by atoms with Gasteiger partial charge < -0.3 is 5.32 Å². The van der Waals surface area contributed by atoms with Crippen LogP contribution in [0.2, 0.25) is 0 Å². The number of nitrogens with one attached hydrogen (secondary N) is 2. The number of benzene rings is 2. The Labute approximate surface area is 204 Å². The smallest absolute Gasteiger partial charge is 0.256 e. The maximum atomic E-state index is 13.3. The van der Waals surface area contributed by atoms with Crippen LogP contribution in [0.1, 0.15) is 42.5 Å². The van der Waals surface area contributed by atoms with E-state index < -0.39 is 10.0 Å². The number of rotatable bonds is 6. The zero-order valence-electron chi connectivity index (χ0n) is 19.1. The lowest BCUT2D eigenvalue weighted by atomic mass is 9.96. The number of aromatic nitrogens is 2. The topological polar surface area (TPSA) is 101 Å². The van der Waals surface area contributed by atoms with E-state index in [9.17, 15) is 13.2 Å². The summed E-state index contributed by atoms with van der Waals surface area (Å²) in [5.41, 5.74) is 3.24. The van der Waals surface area contributed by atoms with E-state index in [4.69, 9.17) is 4.98 Å². The number of hydrogen-bond acceptors (Lipinski definition) is 5. The molecule has 178 valence electrons. The van der Waals surface area contributed by atoms with Crippen molar-refractivity contribution in [3.63, 3.8) is 0 Å². The number of carbonyl (C=O) groups excluding carboxylic acids is 1. The van der Waals surface area contributed by atoms with Crippen molar-refractivity contribution in [1.29, 1.82) is 0 Å². The molecule has 2 N–H and O–H groups in total. The second-order valence-corrected chi connectivity index (χ2v) is 10.5. The summed E-state index contributed by atoms with van der Waals surface area (Å²) in [4.78, 5) is 22.2.